The number of hydrogen-bond donors (Lipinski definition) is 1. The first-order valence-electron chi connectivity index (χ1n) is 5.25. The van der Waals surface area contributed by atoms with Gasteiger partial charge in [0.1, 0.15) is 5.69 Å². The van der Waals surface area contributed by atoms with E-state index in [1.54, 1.807) is 12.3 Å². The SMILES string of the molecule is Fc1c(F)c(F)c(NCCn2cccn2)c(F)c1F. The summed E-state index contributed by atoms with van der Waals surface area (Å²) in [5, 5.41) is 5.99. The fourth-order valence-electron chi connectivity index (χ4n) is 1.49. The lowest BCUT2D eigenvalue weighted by molar-refractivity contribution is 0.381. The molecule has 1 aromatic carbocycles. The van der Waals surface area contributed by atoms with Crippen molar-refractivity contribution >= 4 is 5.69 Å². The van der Waals surface area contributed by atoms with Crippen LogP contribution in [0.5, 0.6) is 0 Å². The number of aromatic nitrogens is 2. The number of benzene rings is 1. The zero-order chi connectivity index (χ0) is 14.0. The van der Waals surface area contributed by atoms with Crippen molar-refractivity contribution in [3.8, 4) is 0 Å². The second-order valence-electron chi connectivity index (χ2n) is 3.64. The summed E-state index contributed by atoms with van der Waals surface area (Å²) in [7, 11) is 0. The third kappa shape index (κ3) is 2.51. The predicted molar refractivity (Wildman–Crippen MR) is 56.9 cm³/mol. The maximum absolute atomic E-state index is 13.3. The summed E-state index contributed by atoms with van der Waals surface area (Å²) < 4.78 is 66.5. The van der Waals surface area contributed by atoms with Crippen molar-refractivity contribution in [1.29, 1.82) is 0 Å². The summed E-state index contributed by atoms with van der Waals surface area (Å²) in [6.45, 7) is 0.173. The average molecular weight is 277 g/mol. The van der Waals surface area contributed by atoms with Crippen molar-refractivity contribution in [3.63, 3.8) is 0 Å². The van der Waals surface area contributed by atoms with Crippen LogP contribution in [0.1, 0.15) is 0 Å². The third-order valence-corrected chi connectivity index (χ3v) is 2.41. The molecule has 0 radical (unpaired) electrons. The minimum absolute atomic E-state index is 0.0416. The van der Waals surface area contributed by atoms with E-state index in [9.17, 15) is 22.0 Å². The summed E-state index contributed by atoms with van der Waals surface area (Å²) >= 11 is 0. The van der Waals surface area contributed by atoms with Gasteiger partial charge in [0.15, 0.2) is 23.3 Å². The van der Waals surface area contributed by atoms with E-state index in [-0.39, 0.29) is 13.1 Å². The predicted octanol–water partition coefficient (Wildman–Crippen LogP) is 2.69. The number of nitrogens with zero attached hydrogens (tertiary/aromatic N) is 2. The Balaban J connectivity index is 2.16. The van der Waals surface area contributed by atoms with Gasteiger partial charge < -0.3 is 5.32 Å². The van der Waals surface area contributed by atoms with Crippen LogP contribution in [0.15, 0.2) is 18.5 Å². The lowest BCUT2D eigenvalue weighted by atomic mass is 10.2. The van der Waals surface area contributed by atoms with E-state index in [1.807, 2.05) is 0 Å². The number of nitrogens with one attached hydrogen (secondary N) is 1. The first-order chi connectivity index (χ1) is 9.02. The molecule has 0 saturated carbocycles. The van der Waals surface area contributed by atoms with Gasteiger partial charge in [-0.3, -0.25) is 4.68 Å². The molecule has 102 valence electrons. The quantitative estimate of drug-likeness (QED) is 0.529. The van der Waals surface area contributed by atoms with Crippen LogP contribution in [0.2, 0.25) is 0 Å². The summed E-state index contributed by atoms with van der Waals surface area (Å²) in [6, 6.07) is 1.64. The molecule has 2 aromatic rings. The molecule has 0 aliphatic carbocycles. The Hall–Kier alpha value is -2.12. The molecule has 2 rings (SSSR count). The van der Waals surface area contributed by atoms with E-state index in [0.717, 1.165) is 0 Å². The van der Waals surface area contributed by atoms with Crippen molar-refractivity contribution in [3.05, 3.63) is 47.5 Å². The molecule has 0 spiro atoms. The highest BCUT2D eigenvalue weighted by Crippen LogP contribution is 2.26. The van der Waals surface area contributed by atoms with Gasteiger partial charge in [0.25, 0.3) is 0 Å². The maximum atomic E-state index is 13.3. The number of rotatable bonds is 4. The molecule has 0 fully saturated rings. The zero-order valence-corrected chi connectivity index (χ0v) is 9.43. The van der Waals surface area contributed by atoms with Gasteiger partial charge >= 0.3 is 0 Å². The molecular weight excluding hydrogens is 269 g/mol. The molecule has 0 atom stereocenters. The normalized spacial score (nSPS) is 10.8. The van der Waals surface area contributed by atoms with E-state index >= 15 is 0 Å². The molecule has 0 aliphatic heterocycles. The molecule has 0 aliphatic rings. The van der Waals surface area contributed by atoms with E-state index in [4.69, 9.17) is 0 Å². The standard InChI is InChI=1S/C11H8F5N3/c12-6-7(13)9(15)11(10(16)8(6)14)17-3-5-19-4-1-2-18-19/h1-2,4,17H,3,5H2. The Morgan fingerprint density at radius 1 is 0.947 bits per heavy atom. The fraction of sp³-hybridized carbons (Fsp3) is 0.182. The molecule has 0 amide bonds. The van der Waals surface area contributed by atoms with Crippen molar-refractivity contribution < 1.29 is 22.0 Å². The lowest BCUT2D eigenvalue weighted by Gasteiger charge is -2.10. The molecule has 1 heterocycles. The topological polar surface area (TPSA) is 29.9 Å². The van der Waals surface area contributed by atoms with Crippen molar-refractivity contribution in [2.75, 3.05) is 11.9 Å². The van der Waals surface area contributed by atoms with Crippen LogP contribution in [0.3, 0.4) is 0 Å². The smallest absolute Gasteiger partial charge is 0.200 e. The van der Waals surface area contributed by atoms with Gasteiger partial charge in [-0.2, -0.15) is 5.10 Å². The van der Waals surface area contributed by atoms with Gasteiger partial charge in [-0.05, 0) is 6.07 Å². The summed E-state index contributed by atoms with van der Waals surface area (Å²) in [6.07, 6.45) is 3.10. The van der Waals surface area contributed by atoms with Crippen LogP contribution in [0.4, 0.5) is 27.6 Å². The Kier molecular flexibility index (Phi) is 3.68. The van der Waals surface area contributed by atoms with Crippen LogP contribution < -0.4 is 5.32 Å². The highest BCUT2D eigenvalue weighted by atomic mass is 19.2. The van der Waals surface area contributed by atoms with Crippen molar-refractivity contribution in [2.24, 2.45) is 0 Å². The minimum Gasteiger partial charge on any atom is -0.378 e. The molecule has 3 nitrogen and oxygen atoms in total. The highest BCUT2D eigenvalue weighted by Gasteiger charge is 2.25. The van der Waals surface area contributed by atoms with Gasteiger partial charge in [0.05, 0.1) is 6.54 Å². The molecular formula is C11H8F5N3. The molecule has 0 bridgehead atoms. The summed E-state index contributed by atoms with van der Waals surface area (Å²) in [4.78, 5) is 0. The van der Waals surface area contributed by atoms with Crippen LogP contribution in [-0.4, -0.2) is 16.3 Å². The zero-order valence-electron chi connectivity index (χ0n) is 9.43. The van der Waals surface area contributed by atoms with Gasteiger partial charge in [-0.25, -0.2) is 22.0 Å². The van der Waals surface area contributed by atoms with Gasteiger partial charge in [0, 0.05) is 18.9 Å². The van der Waals surface area contributed by atoms with Crippen LogP contribution >= 0.6 is 0 Å². The van der Waals surface area contributed by atoms with E-state index < -0.39 is 34.8 Å². The first-order valence-corrected chi connectivity index (χ1v) is 5.25. The van der Waals surface area contributed by atoms with E-state index in [0.29, 0.717) is 0 Å². The Morgan fingerprint density at radius 2 is 1.53 bits per heavy atom. The third-order valence-electron chi connectivity index (χ3n) is 2.41. The Bertz CT molecular complexity index is 554. The highest BCUT2D eigenvalue weighted by molar-refractivity contribution is 5.47. The second-order valence-corrected chi connectivity index (χ2v) is 3.64. The van der Waals surface area contributed by atoms with Crippen LogP contribution in [0.25, 0.3) is 0 Å². The Morgan fingerprint density at radius 3 is 2.05 bits per heavy atom. The van der Waals surface area contributed by atoms with Crippen molar-refractivity contribution in [2.45, 2.75) is 6.54 Å². The Labute approximate surface area is 104 Å². The van der Waals surface area contributed by atoms with E-state index in [1.165, 1.54) is 10.9 Å². The molecule has 8 heteroatoms. The number of halogens is 5. The monoisotopic (exact) mass is 277 g/mol. The molecule has 0 unspecified atom stereocenters. The lowest BCUT2D eigenvalue weighted by Crippen LogP contribution is -2.15. The summed E-state index contributed by atoms with van der Waals surface area (Å²) in [5.41, 5.74) is -1.04. The number of hydrogen-bond acceptors (Lipinski definition) is 2. The number of anilines is 1. The maximum Gasteiger partial charge on any atom is 0.200 e. The largest absolute Gasteiger partial charge is 0.378 e. The second kappa shape index (κ2) is 5.25. The minimum atomic E-state index is -2.17. The molecule has 0 saturated heterocycles. The van der Waals surface area contributed by atoms with Crippen molar-refractivity contribution in [1.82, 2.24) is 9.78 Å². The molecule has 1 aromatic heterocycles. The summed E-state index contributed by atoms with van der Waals surface area (Å²) in [5.74, 6) is -9.87. The fourth-order valence-corrected chi connectivity index (χ4v) is 1.49. The average Bonchev–Trinajstić information content (AvgIpc) is 2.91. The van der Waals surface area contributed by atoms with Crippen LogP contribution in [0, 0.1) is 29.1 Å². The van der Waals surface area contributed by atoms with E-state index in [2.05, 4.69) is 10.4 Å². The van der Waals surface area contributed by atoms with Gasteiger partial charge in [-0.1, -0.05) is 0 Å². The van der Waals surface area contributed by atoms with Gasteiger partial charge in [0.2, 0.25) is 5.82 Å². The molecule has 19 heavy (non-hydrogen) atoms. The van der Waals surface area contributed by atoms with Crippen LogP contribution in [-0.2, 0) is 6.54 Å². The first kappa shape index (κ1) is 13.3. The van der Waals surface area contributed by atoms with Gasteiger partial charge in [-0.15, -0.1) is 0 Å². The molecule has 1 N–H and O–H groups in total.